The lowest BCUT2D eigenvalue weighted by molar-refractivity contribution is -0.136. The van der Waals surface area contributed by atoms with E-state index in [9.17, 15) is 4.79 Å². The van der Waals surface area contributed by atoms with Crippen LogP contribution >= 0.6 is 0 Å². The highest BCUT2D eigenvalue weighted by molar-refractivity contribution is 5.79. The maximum absolute atomic E-state index is 12.7. The first-order valence-electron chi connectivity index (χ1n) is 8.01. The quantitative estimate of drug-likeness (QED) is 0.798. The van der Waals surface area contributed by atoms with Gasteiger partial charge in [0.15, 0.2) is 0 Å². The Bertz CT molecular complexity index is 469. The molecule has 2 heteroatoms. The normalized spacial score (nSPS) is 27.2. The smallest absolute Gasteiger partial charge is 0.226 e. The second-order valence-electron chi connectivity index (χ2n) is 6.67. The van der Waals surface area contributed by atoms with Gasteiger partial charge in [-0.2, -0.15) is 0 Å². The van der Waals surface area contributed by atoms with Crippen molar-refractivity contribution in [1.29, 1.82) is 0 Å². The van der Waals surface area contributed by atoms with Gasteiger partial charge in [0.25, 0.3) is 0 Å². The molecule has 20 heavy (non-hydrogen) atoms. The van der Waals surface area contributed by atoms with E-state index in [2.05, 4.69) is 43.0 Å². The average molecular weight is 271 g/mol. The molecule has 1 aromatic rings. The molecule has 1 aromatic carbocycles. The predicted octanol–water partition coefficient (Wildman–Crippen LogP) is 3.78. The van der Waals surface area contributed by atoms with Gasteiger partial charge in [-0.25, -0.2) is 0 Å². The van der Waals surface area contributed by atoms with Crippen molar-refractivity contribution in [3.63, 3.8) is 0 Å². The monoisotopic (exact) mass is 271 g/mol. The number of fused-ring (bicyclic) bond motifs is 1. The molecular formula is C18H25NO. The van der Waals surface area contributed by atoms with Crippen molar-refractivity contribution >= 4 is 5.91 Å². The Balaban J connectivity index is 1.64. The van der Waals surface area contributed by atoms with E-state index in [4.69, 9.17) is 0 Å². The Labute approximate surface area is 122 Å². The molecule has 2 atom stereocenters. The van der Waals surface area contributed by atoms with E-state index in [-0.39, 0.29) is 0 Å². The number of amides is 1. The Hall–Kier alpha value is -1.31. The third-order valence-electron chi connectivity index (χ3n) is 4.89. The average Bonchev–Trinajstić information content (AvgIpc) is 3.06. The summed E-state index contributed by atoms with van der Waals surface area (Å²) in [5.74, 6) is 2.48. The first kappa shape index (κ1) is 13.7. The van der Waals surface area contributed by atoms with Gasteiger partial charge in [0.2, 0.25) is 5.91 Å². The molecule has 0 radical (unpaired) electrons. The van der Waals surface area contributed by atoms with Crippen molar-refractivity contribution in [2.75, 3.05) is 6.54 Å². The van der Waals surface area contributed by atoms with E-state index in [1.807, 2.05) is 0 Å². The summed E-state index contributed by atoms with van der Waals surface area (Å²) in [5.41, 5.74) is 2.53. The van der Waals surface area contributed by atoms with Gasteiger partial charge >= 0.3 is 0 Å². The minimum atomic E-state index is 0.316. The van der Waals surface area contributed by atoms with Crippen LogP contribution in [0.2, 0.25) is 0 Å². The molecule has 0 aliphatic heterocycles. The van der Waals surface area contributed by atoms with Gasteiger partial charge in [0, 0.05) is 19.0 Å². The number of aryl methyl sites for hydroxylation is 1. The van der Waals surface area contributed by atoms with E-state index in [1.54, 1.807) is 0 Å². The van der Waals surface area contributed by atoms with Crippen molar-refractivity contribution in [2.45, 2.75) is 46.1 Å². The molecule has 2 aliphatic rings. The zero-order valence-electron chi connectivity index (χ0n) is 12.6. The second-order valence-corrected chi connectivity index (χ2v) is 6.67. The number of carbonyl (C=O) groups is 1. The molecule has 2 nitrogen and oxygen atoms in total. The van der Waals surface area contributed by atoms with Crippen LogP contribution in [0.25, 0.3) is 0 Å². The topological polar surface area (TPSA) is 20.3 Å². The standard InChI is InChI=1S/C18H25NO/c1-3-8-19(12-14-6-4-13(2)5-7-14)18(20)17-10-15-9-16(15)11-17/h4-7,15-17H,3,8-12H2,1-2H3. The van der Waals surface area contributed by atoms with Crippen LogP contribution in [0, 0.1) is 24.7 Å². The molecule has 0 heterocycles. The summed E-state index contributed by atoms with van der Waals surface area (Å²) in [4.78, 5) is 14.8. The summed E-state index contributed by atoms with van der Waals surface area (Å²) in [6.45, 7) is 5.92. The number of benzene rings is 1. The predicted molar refractivity (Wildman–Crippen MR) is 81.2 cm³/mol. The highest BCUT2D eigenvalue weighted by Crippen LogP contribution is 2.54. The first-order valence-corrected chi connectivity index (χ1v) is 8.01. The summed E-state index contributed by atoms with van der Waals surface area (Å²) in [5, 5.41) is 0. The number of hydrogen-bond acceptors (Lipinski definition) is 1. The fraction of sp³-hybridized carbons (Fsp3) is 0.611. The molecule has 0 aromatic heterocycles. The summed E-state index contributed by atoms with van der Waals surface area (Å²) >= 11 is 0. The lowest BCUT2D eigenvalue weighted by Crippen LogP contribution is -2.35. The van der Waals surface area contributed by atoms with Crippen molar-refractivity contribution < 1.29 is 4.79 Å². The number of rotatable bonds is 5. The van der Waals surface area contributed by atoms with Gasteiger partial charge in [-0.15, -0.1) is 0 Å². The van der Waals surface area contributed by atoms with Crippen molar-refractivity contribution in [1.82, 2.24) is 4.90 Å². The Morgan fingerprint density at radius 3 is 2.40 bits per heavy atom. The van der Waals surface area contributed by atoms with E-state index < -0.39 is 0 Å². The van der Waals surface area contributed by atoms with Crippen molar-refractivity contribution in [3.8, 4) is 0 Å². The van der Waals surface area contributed by atoms with Crippen LogP contribution in [0.5, 0.6) is 0 Å². The largest absolute Gasteiger partial charge is 0.338 e. The number of hydrogen-bond donors (Lipinski definition) is 0. The van der Waals surface area contributed by atoms with Crippen LogP contribution in [0.3, 0.4) is 0 Å². The highest BCUT2D eigenvalue weighted by atomic mass is 16.2. The third kappa shape index (κ3) is 2.89. The molecule has 0 spiro atoms. The van der Waals surface area contributed by atoms with Gasteiger partial charge < -0.3 is 4.90 Å². The maximum atomic E-state index is 12.7. The van der Waals surface area contributed by atoms with Crippen LogP contribution in [-0.2, 0) is 11.3 Å². The number of nitrogens with zero attached hydrogens (tertiary/aromatic N) is 1. The molecule has 0 N–H and O–H groups in total. The van der Waals surface area contributed by atoms with Crippen LogP contribution in [0.1, 0.15) is 43.7 Å². The fourth-order valence-corrected chi connectivity index (χ4v) is 3.63. The second kappa shape index (κ2) is 5.59. The van der Waals surface area contributed by atoms with Crippen LogP contribution in [0.4, 0.5) is 0 Å². The van der Waals surface area contributed by atoms with Crippen LogP contribution in [0.15, 0.2) is 24.3 Å². The Morgan fingerprint density at radius 1 is 1.15 bits per heavy atom. The highest BCUT2D eigenvalue weighted by Gasteiger charge is 2.48. The van der Waals surface area contributed by atoms with E-state index >= 15 is 0 Å². The van der Waals surface area contributed by atoms with Gasteiger partial charge in [-0.3, -0.25) is 4.79 Å². The summed E-state index contributed by atoms with van der Waals surface area (Å²) in [6.07, 6.45) is 4.72. The molecule has 2 aliphatic carbocycles. The molecule has 3 rings (SSSR count). The number of carbonyl (C=O) groups excluding carboxylic acids is 1. The summed E-state index contributed by atoms with van der Waals surface area (Å²) in [6, 6.07) is 8.57. The minimum absolute atomic E-state index is 0.316. The molecule has 0 bridgehead atoms. The molecule has 2 fully saturated rings. The molecule has 1 amide bonds. The van der Waals surface area contributed by atoms with Gasteiger partial charge in [0.1, 0.15) is 0 Å². The zero-order valence-corrected chi connectivity index (χ0v) is 12.6. The maximum Gasteiger partial charge on any atom is 0.226 e. The third-order valence-corrected chi connectivity index (χ3v) is 4.89. The summed E-state index contributed by atoms with van der Waals surface area (Å²) < 4.78 is 0. The zero-order chi connectivity index (χ0) is 14.1. The Kier molecular flexibility index (Phi) is 3.82. The van der Waals surface area contributed by atoms with E-state index in [0.717, 1.165) is 44.2 Å². The molecule has 108 valence electrons. The lowest BCUT2D eigenvalue weighted by Gasteiger charge is -2.26. The van der Waals surface area contributed by atoms with E-state index in [1.165, 1.54) is 17.5 Å². The van der Waals surface area contributed by atoms with Crippen LogP contribution < -0.4 is 0 Å². The van der Waals surface area contributed by atoms with Gasteiger partial charge in [0.05, 0.1) is 0 Å². The van der Waals surface area contributed by atoms with Crippen molar-refractivity contribution in [2.24, 2.45) is 17.8 Å². The van der Waals surface area contributed by atoms with Gasteiger partial charge in [-0.05, 0) is 50.0 Å². The SMILES string of the molecule is CCCN(Cc1ccc(C)cc1)C(=O)C1CC2CC2C1. The molecule has 0 saturated heterocycles. The Morgan fingerprint density at radius 2 is 1.80 bits per heavy atom. The molecule has 2 saturated carbocycles. The lowest BCUT2D eigenvalue weighted by atomic mass is 10.0. The van der Waals surface area contributed by atoms with Gasteiger partial charge in [-0.1, -0.05) is 36.8 Å². The molecule has 2 unspecified atom stereocenters. The fourth-order valence-electron chi connectivity index (χ4n) is 3.63. The van der Waals surface area contributed by atoms with Crippen molar-refractivity contribution in [3.05, 3.63) is 35.4 Å². The first-order chi connectivity index (χ1) is 9.67. The van der Waals surface area contributed by atoms with E-state index in [0.29, 0.717) is 11.8 Å². The molecular weight excluding hydrogens is 246 g/mol. The van der Waals surface area contributed by atoms with Crippen LogP contribution in [-0.4, -0.2) is 17.4 Å². The summed E-state index contributed by atoms with van der Waals surface area (Å²) in [7, 11) is 0. The minimum Gasteiger partial charge on any atom is -0.338 e.